The second kappa shape index (κ2) is 5.87. The lowest BCUT2D eigenvalue weighted by molar-refractivity contribution is -0.137. The van der Waals surface area contributed by atoms with Crippen LogP contribution in [-0.4, -0.2) is 29.3 Å². The Morgan fingerprint density at radius 2 is 2.10 bits per heavy atom. The molecule has 0 spiro atoms. The maximum absolute atomic E-state index is 12.8. The van der Waals surface area contributed by atoms with Crippen LogP contribution in [0.15, 0.2) is 12.1 Å². The van der Waals surface area contributed by atoms with Crippen molar-refractivity contribution in [3.05, 3.63) is 17.7 Å². The summed E-state index contributed by atoms with van der Waals surface area (Å²) in [5, 5.41) is 9.07. The van der Waals surface area contributed by atoms with Crippen molar-refractivity contribution < 1.29 is 18.3 Å². The lowest BCUT2D eigenvalue weighted by Gasteiger charge is -2.36. The van der Waals surface area contributed by atoms with Gasteiger partial charge in [-0.2, -0.15) is 13.2 Å². The molecule has 4 nitrogen and oxygen atoms in total. The van der Waals surface area contributed by atoms with Gasteiger partial charge in [-0.3, -0.25) is 0 Å². The van der Waals surface area contributed by atoms with Crippen molar-refractivity contribution >= 4 is 11.6 Å². The van der Waals surface area contributed by atoms with Crippen LogP contribution in [0.25, 0.3) is 0 Å². The second-order valence-electron chi connectivity index (χ2n) is 4.99. The summed E-state index contributed by atoms with van der Waals surface area (Å²) in [7, 11) is 0. The van der Waals surface area contributed by atoms with Gasteiger partial charge in [-0.05, 0) is 37.8 Å². The summed E-state index contributed by atoms with van der Waals surface area (Å²) < 4.78 is 38.5. The van der Waals surface area contributed by atoms with E-state index < -0.39 is 11.7 Å². The number of nitrogen functional groups attached to an aromatic ring is 1. The largest absolute Gasteiger partial charge is 0.416 e. The Morgan fingerprint density at radius 1 is 1.35 bits per heavy atom. The third-order valence-electron chi connectivity index (χ3n) is 3.54. The van der Waals surface area contributed by atoms with Crippen LogP contribution < -0.4 is 10.6 Å². The van der Waals surface area contributed by atoms with E-state index in [-0.39, 0.29) is 24.3 Å². The number of aliphatic hydroxyl groups excluding tert-OH is 1. The molecular formula is C13H18F3N3O. The molecule has 1 fully saturated rings. The summed E-state index contributed by atoms with van der Waals surface area (Å²) in [6, 6.07) is 1.89. The molecular weight excluding hydrogens is 271 g/mol. The zero-order valence-corrected chi connectivity index (χ0v) is 11.0. The van der Waals surface area contributed by atoms with Crippen molar-refractivity contribution in [2.75, 3.05) is 23.8 Å². The van der Waals surface area contributed by atoms with E-state index in [4.69, 9.17) is 10.8 Å². The highest BCUT2D eigenvalue weighted by atomic mass is 19.4. The summed E-state index contributed by atoms with van der Waals surface area (Å²) in [5.74, 6) is 0.110. The number of nitrogens with zero attached hydrogens (tertiary/aromatic N) is 2. The molecule has 1 aliphatic heterocycles. The Labute approximate surface area is 115 Å². The van der Waals surface area contributed by atoms with Gasteiger partial charge in [0.15, 0.2) is 0 Å². The fourth-order valence-electron chi connectivity index (χ4n) is 2.60. The Bertz CT molecular complexity index is 463. The van der Waals surface area contributed by atoms with Crippen molar-refractivity contribution in [2.45, 2.75) is 37.9 Å². The first-order valence-corrected chi connectivity index (χ1v) is 6.64. The van der Waals surface area contributed by atoms with E-state index in [2.05, 4.69) is 4.98 Å². The SMILES string of the molecule is Nc1cc(C(F)(F)F)cc(N2CCCCC2CCO)n1. The second-order valence-corrected chi connectivity index (χ2v) is 4.99. The predicted octanol–water partition coefficient (Wildman–Crippen LogP) is 2.42. The highest BCUT2D eigenvalue weighted by Gasteiger charge is 2.33. The van der Waals surface area contributed by atoms with Crippen LogP contribution in [0.4, 0.5) is 24.8 Å². The Kier molecular flexibility index (Phi) is 4.37. The molecule has 112 valence electrons. The van der Waals surface area contributed by atoms with E-state index in [1.165, 1.54) is 0 Å². The summed E-state index contributed by atoms with van der Waals surface area (Å²) in [5.41, 5.74) is 4.71. The predicted molar refractivity (Wildman–Crippen MR) is 70.3 cm³/mol. The minimum Gasteiger partial charge on any atom is -0.396 e. The number of pyridine rings is 1. The summed E-state index contributed by atoms with van der Waals surface area (Å²) >= 11 is 0. The Balaban J connectivity index is 2.32. The number of hydrogen-bond donors (Lipinski definition) is 2. The van der Waals surface area contributed by atoms with Crippen molar-refractivity contribution in [2.24, 2.45) is 0 Å². The number of nitrogens with two attached hydrogens (primary N) is 1. The molecule has 1 unspecified atom stereocenters. The molecule has 0 radical (unpaired) electrons. The van der Waals surface area contributed by atoms with Crippen LogP contribution in [0, 0.1) is 0 Å². The number of anilines is 2. The standard InChI is InChI=1S/C13H18F3N3O/c14-13(15,16)9-7-11(17)18-12(8-9)19-5-2-1-3-10(19)4-6-20/h7-8,10,20H,1-6H2,(H2,17,18). The van der Waals surface area contributed by atoms with Gasteiger partial charge in [0.05, 0.1) is 5.56 Å². The number of aromatic nitrogens is 1. The van der Waals surface area contributed by atoms with Gasteiger partial charge in [0, 0.05) is 19.2 Å². The van der Waals surface area contributed by atoms with Crippen LogP contribution in [0.5, 0.6) is 0 Å². The molecule has 7 heteroatoms. The van der Waals surface area contributed by atoms with E-state index in [1.54, 1.807) is 0 Å². The number of halogens is 3. The van der Waals surface area contributed by atoms with Crippen LogP contribution in [-0.2, 0) is 6.18 Å². The number of rotatable bonds is 3. The number of alkyl halides is 3. The molecule has 2 heterocycles. The zero-order chi connectivity index (χ0) is 14.8. The highest BCUT2D eigenvalue weighted by Crippen LogP contribution is 2.34. The average molecular weight is 289 g/mol. The van der Waals surface area contributed by atoms with Crippen molar-refractivity contribution in [3.63, 3.8) is 0 Å². The van der Waals surface area contributed by atoms with Crippen molar-refractivity contribution in [1.82, 2.24) is 4.98 Å². The monoisotopic (exact) mass is 289 g/mol. The van der Waals surface area contributed by atoms with E-state index in [0.717, 1.165) is 31.4 Å². The molecule has 1 aromatic heterocycles. The Morgan fingerprint density at radius 3 is 2.75 bits per heavy atom. The quantitative estimate of drug-likeness (QED) is 0.897. The van der Waals surface area contributed by atoms with E-state index in [1.807, 2.05) is 4.90 Å². The lowest BCUT2D eigenvalue weighted by Crippen LogP contribution is -2.40. The van der Waals surface area contributed by atoms with Gasteiger partial charge in [0.25, 0.3) is 0 Å². The van der Waals surface area contributed by atoms with Crippen LogP contribution >= 0.6 is 0 Å². The number of hydrogen-bond acceptors (Lipinski definition) is 4. The molecule has 0 aliphatic carbocycles. The smallest absolute Gasteiger partial charge is 0.396 e. The highest BCUT2D eigenvalue weighted by molar-refractivity contribution is 5.50. The molecule has 0 aromatic carbocycles. The van der Waals surface area contributed by atoms with Crippen LogP contribution in [0.1, 0.15) is 31.2 Å². The molecule has 3 N–H and O–H groups in total. The average Bonchev–Trinajstić information content (AvgIpc) is 2.38. The molecule has 1 aromatic rings. The van der Waals surface area contributed by atoms with Gasteiger partial charge in [0.1, 0.15) is 11.6 Å². The first kappa shape index (κ1) is 14.9. The van der Waals surface area contributed by atoms with Crippen molar-refractivity contribution in [3.8, 4) is 0 Å². The maximum Gasteiger partial charge on any atom is 0.416 e. The van der Waals surface area contributed by atoms with Gasteiger partial charge in [-0.1, -0.05) is 0 Å². The molecule has 20 heavy (non-hydrogen) atoms. The molecule has 1 aliphatic rings. The molecule has 0 saturated carbocycles. The normalized spacial score (nSPS) is 20.2. The van der Waals surface area contributed by atoms with Crippen LogP contribution in [0.2, 0.25) is 0 Å². The van der Waals surface area contributed by atoms with Gasteiger partial charge >= 0.3 is 6.18 Å². The first-order valence-electron chi connectivity index (χ1n) is 6.64. The molecule has 1 saturated heterocycles. The minimum absolute atomic E-state index is 0.00953. The van der Waals surface area contributed by atoms with Crippen molar-refractivity contribution in [1.29, 1.82) is 0 Å². The third kappa shape index (κ3) is 3.33. The Hall–Kier alpha value is -1.50. The first-order chi connectivity index (χ1) is 9.41. The molecule has 0 bridgehead atoms. The maximum atomic E-state index is 12.8. The summed E-state index contributed by atoms with van der Waals surface area (Å²) in [6.45, 7) is 0.647. The summed E-state index contributed by atoms with van der Waals surface area (Å²) in [4.78, 5) is 5.85. The van der Waals surface area contributed by atoms with Crippen LogP contribution in [0.3, 0.4) is 0 Å². The summed E-state index contributed by atoms with van der Waals surface area (Å²) in [6.07, 6.45) is -1.15. The number of piperidine rings is 1. The topological polar surface area (TPSA) is 62.4 Å². The molecule has 2 rings (SSSR count). The van der Waals surface area contributed by atoms with E-state index in [0.29, 0.717) is 13.0 Å². The molecule has 1 atom stereocenters. The fraction of sp³-hybridized carbons (Fsp3) is 0.615. The van der Waals surface area contributed by atoms with Gasteiger partial charge < -0.3 is 15.7 Å². The van der Waals surface area contributed by atoms with E-state index in [9.17, 15) is 13.2 Å². The minimum atomic E-state index is -4.44. The fourth-order valence-corrected chi connectivity index (χ4v) is 2.60. The third-order valence-corrected chi connectivity index (χ3v) is 3.54. The van der Waals surface area contributed by atoms with Gasteiger partial charge in [0.2, 0.25) is 0 Å². The lowest BCUT2D eigenvalue weighted by atomic mass is 9.99. The number of aliphatic hydroxyl groups is 1. The van der Waals surface area contributed by atoms with Gasteiger partial charge in [-0.15, -0.1) is 0 Å². The van der Waals surface area contributed by atoms with E-state index >= 15 is 0 Å². The molecule has 0 amide bonds. The van der Waals surface area contributed by atoms with Gasteiger partial charge in [-0.25, -0.2) is 4.98 Å². The zero-order valence-electron chi connectivity index (χ0n) is 11.0.